The van der Waals surface area contributed by atoms with Gasteiger partial charge in [-0.05, 0) is 37.0 Å². The predicted molar refractivity (Wildman–Crippen MR) is 78.6 cm³/mol. The Morgan fingerprint density at radius 1 is 1.42 bits per heavy atom. The number of rotatable bonds is 7. The molecule has 0 radical (unpaired) electrons. The maximum atomic E-state index is 12.0. The topological polar surface area (TPSA) is 38.3 Å². The highest BCUT2D eigenvalue weighted by molar-refractivity contribution is 6.30. The van der Waals surface area contributed by atoms with Crippen molar-refractivity contribution in [1.82, 2.24) is 5.32 Å². The summed E-state index contributed by atoms with van der Waals surface area (Å²) in [7, 11) is 0. The van der Waals surface area contributed by atoms with Crippen LogP contribution in [0.4, 0.5) is 0 Å². The van der Waals surface area contributed by atoms with Gasteiger partial charge in [-0.1, -0.05) is 38.4 Å². The highest BCUT2D eigenvalue weighted by atomic mass is 35.5. The Hall–Kier alpha value is -1.22. The zero-order valence-corrected chi connectivity index (χ0v) is 12.5. The van der Waals surface area contributed by atoms with Gasteiger partial charge in [-0.25, -0.2) is 0 Å². The molecule has 0 fully saturated rings. The molecule has 0 aliphatic rings. The second-order valence-electron chi connectivity index (χ2n) is 4.95. The van der Waals surface area contributed by atoms with Gasteiger partial charge in [-0.3, -0.25) is 4.79 Å². The molecule has 1 aromatic rings. The first kappa shape index (κ1) is 15.8. The number of hydrogen-bond donors (Lipinski definition) is 1. The van der Waals surface area contributed by atoms with Gasteiger partial charge in [0, 0.05) is 11.6 Å². The summed E-state index contributed by atoms with van der Waals surface area (Å²) in [5.74, 6) is 1.13. The lowest BCUT2D eigenvalue weighted by Crippen LogP contribution is -2.38. The highest BCUT2D eigenvalue weighted by Gasteiger charge is 2.17. The molecule has 0 unspecified atom stereocenters. The lowest BCUT2D eigenvalue weighted by Gasteiger charge is -2.17. The zero-order valence-electron chi connectivity index (χ0n) is 11.8. The first-order valence-corrected chi connectivity index (χ1v) is 7.10. The van der Waals surface area contributed by atoms with E-state index in [0.717, 1.165) is 6.42 Å². The Balaban J connectivity index is 2.50. The van der Waals surface area contributed by atoms with Crippen molar-refractivity contribution < 1.29 is 9.53 Å². The van der Waals surface area contributed by atoms with Crippen LogP contribution in [0.25, 0.3) is 0 Å². The summed E-state index contributed by atoms with van der Waals surface area (Å²) in [5, 5.41) is 3.51. The number of carbonyl (C=O) groups is 1. The molecular weight excluding hydrogens is 262 g/mol. The maximum Gasteiger partial charge on any atom is 0.261 e. The fourth-order valence-electron chi connectivity index (χ4n) is 1.62. The number of hydrogen-bond acceptors (Lipinski definition) is 2. The molecule has 1 aromatic carbocycles. The molecule has 3 nitrogen and oxygen atoms in total. The summed E-state index contributed by atoms with van der Waals surface area (Å²) in [6, 6.07) is 7.10. The van der Waals surface area contributed by atoms with E-state index in [1.54, 1.807) is 24.3 Å². The van der Waals surface area contributed by atoms with Gasteiger partial charge in [-0.15, -0.1) is 0 Å². The zero-order chi connectivity index (χ0) is 14.3. The molecule has 0 heterocycles. The fourth-order valence-corrected chi connectivity index (χ4v) is 1.80. The van der Waals surface area contributed by atoms with Crippen LogP contribution >= 0.6 is 11.6 Å². The second-order valence-corrected chi connectivity index (χ2v) is 5.38. The van der Waals surface area contributed by atoms with Gasteiger partial charge in [0.05, 0.1) is 0 Å². The van der Waals surface area contributed by atoms with Crippen LogP contribution in [-0.2, 0) is 4.79 Å². The third-order valence-corrected chi connectivity index (χ3v) is 2.99. The van der Waals surface area contributed by atoms with Gasteiger partial charge in [0.25, 0.3) is 5.91 Å². The molecule has 1 rings (SSSR count). The molecule has 19 heavy (non-hydrogen) atoms. The van der Waals surface area contributed by atoms with Gasteiger partial charge >= 0.3 is 0 Å². The first-order valence-electron chi connectivity index (χ1n) is 6.72. The Morgan fingerprint density at radius 2 is 2.16 bits per heavy atom. The molecule has 1 N–H and O–H groups in total. The summed E-state index contributed by atoms with van der Waals surface area (Å²) in [5.41, 5.74) is 0. The molecule has 4 heteroatoms. The normalized spacial score (nSPS) is 12.3. The van der Waals surface area contributed by atoms with Crippen LogP contribution in [0, 0.1) is 5.92 Å². The van der Waals surface area contributed by atoms with Crippen molar-refractivity contribution in [2.75, 3.05) is 6.54 Å². The van der Waals surface area contributed by atoms with Gasteiger partial charge in [0.2, 0.25) is 0 Å². The summed E-state index contributed by atoms with van der Waals surface area (Å²) < 4.78 is 5.67. The van der Waals surface area contributed by atoms with Crippen LogP contribution in [0.5, 0.6) is 5.75 Å². The number of benzene rings is 1. The Morgan fingerprint density at radius 3 is 2.74 bits per heavy atom. The van der Waals surface area contributed by atoms with Crippen LogP contribution < -0.4 is 10.1 Å². The molecule has 106 valence electrons. The van der Waals surface area contributed by atoms with E-state index in [0.29, 0.717) is 29.7 Å². The van der Waals surface area contributed by atoms with E-state index >= 15 is 0 Å². The molecule has 0 spiro atoms. The Bertz CT molecular complexity index is 407. The van der Waals surface area contributed by atoms with Crippen molar-refractivity contribution in [3.05, 3.63) is 29.3 Å². The maximum absolute atomic E-state index is 12.0. The van der Waals surface area contributed by atoms with Gasteiger partial charge in [0.1, 0.15) is 5.75 Å². The summed E-state index contributed by atoms with van der Waals surface area (Å²) in [4.78, 5) is 12.0. The van der Waals surface area contributed by atoms with E-state index < -0.39 is 6.10 Å². The summed E-state index contributed by atoms with van der Waals surface area (Å²) in [6.07, 6.45) is 1.13. The van der Waals surface area contributed by atoms with Crippen LogP contribution in [0.15, 0.2) is 24.3 Å². The third-order valence-electron chi connectivity index (χ3n) is 2.76. The number of carbonyl (C=O) groups excluding carboxylic acids is 1. The van der Waals surface area contributed by atoms with Crippen molar-refractivity contribution in [2.45, 2.75) is 39.7 Å². The number of ether oxygens (including phenoxy) is 1. The van der Waals surface area contributed by atoms with Gasteiger partial charge < -0.3 is 10.1 Å². The fraction of sp³-hybridized carbons (Fsp3) is 0.533. The smallest absolute Gasteiger partial charge is 0.261 e. The summed E-state index contributed by atoms with van der Waals surface area (Å²) >= 11 is 5.89. The van der Waals surface area contributed by atoms with E-state index in [4.69, 9.17) is 16.3 Å². The van der Waals surface area contributed by atoms with Crippen LogP contribution in [-0.4, -0.2) is 18.6 Å². The molecule has 0 saturated heterocycles. The van der Waals surface area contributed by atoms with Crippen LogP contribution in [0.2, 0.25) is 5.02 Å². The van der Waals surface area contributed by atoms with Gasteiger partial charge in [-0.2, -0.15) is 0 Å². The minimum absolute atomic E-state index is 0.0666. The predicted octanol–water partition coefficient (Wildman–Crippen LogP) is 3.66. The van der Waals surface area contributed by atoms with Crippen molar-refractivity contribution in [1.29, 1.82) is 0 Å². The van der Waals surface area contributed by atoms with Crippen LogP contribution in [0.1, 0.15) is 33.6 Å². The van der Waals surface area contributed by atoms with Crippen molar-refractivity contribution in [2.24, 2.45) is 5.92 Å². The average molecular weight is 284 g/mol. The Labute approximate surface area is 120 Å². The molecule has 1 atom stereocenters. The van der Waals surface area contributed by atoms with Crippen LogP contribution in [0.3, 0.4) is 0 Å². The molecular formula is C15H22ClNO2. The Kier molecular flexibility index (Phi) is 6.71. The van der Waals surface area contributed by atoms with E-state index in [9.17, 15) is 4.79 Å². The number of halogens is 1. The summed E-state index contributed by atoms with van der Waals surface area (Å²) in [6.45, 7) is 6.88. The number of amides is 1. The largest absolute Gasteiger partial charge is 0.481 e. The molecule has 0 saturated carbocycles. The van der Waals surface area contributed by atoms with Crippen molar-refractivity contribution >= 4 is 17.5 Å². The standard InChI is InChI=1S/C15H22ClNO2/c1-4-14(15(18)17-9-8-11(2)3)19-13-7-5-6-12(16)10-13/h5-7,10-11,14H,4,8-9H2,1-3H3,(H,17,18)/t14-/m0/s1. The minimum Gasteiger partial charge on any atom is -0.481 e. The molecule has 0 aliphatic heterocycles. The van der Waals surface area contributed by atoms with E-state index in [2.05, 4.69) is 19.2 Å². The highest BCUT2D eigenvalue weighted by Crippen LogP contribution is 2.19. The lowest BCUT2D eigenvalue weighted by molar-refractivity contribution is -0.128. The molecule has 0 bridgehead atoms. The number of nitrogens with one attached hydrogen (secondary N) is 1. The second kappa shape index (κ2) is 8.05. The molecule has 0 aromatic heterocycles. The third kappa shape index (κ3) is 5.97. The van der Waals surface area contributed by atoms with E-state index in [1.807, 2.05) is 6.92 Å². The van der Waals surface area contributed by atoms with Crippen molar-refractivity contribution in [3.8, 4) is 5.75 Å². The molecule has 1 amide bonds. The van der Waals surface area contributed by atoms with Crippen molar-refractivity contribution in [3.63, 3.8) is 0 Å². The van der Waals surface area contributed by atoms with E-state index in [1.165, 1.54) is 0 Å². The monoisotopic (exact) mass is 283 g/mol. The molecule has 0 aliphatic carbocycles. The average Bonchev–Trinajstić information content (AvgIpc) is 2.35. The van der Waals surface area contributed by atoms with E-state index in [-0.39, 0.29) is 5.91 Å². The minimum atomic E-state index is -0.467. The first-order chi connectivity index (χ1) is 9.02. The quantitative estimate of drug-likeness (QED) is 0.829. The SMILES string of the molecule is CC[C@H](Oc1cccc(Cl)c1)C(=O)NCCC(C)C. The van der Waals surface area contributed by atoms with Gasteiger partial charge in [0.15, 0.2) is 6.10 Å². The lowest BCUT2D eigenvalue weighted by atomic mass is 10.1.